The van der Waals surface area contributed by atoms with Crippen molar-refractivity contribution in [3.8, 4) is 0 Å². The molecule has 2 saturated heterocycles. The van der Waals surface area contributed by atoms with E-state index in [0.29, 0.717) is 18.4 Å². The van der Waals surface area contributed by atoms with E-state index in [-0.39, 0.29) is 24.2 Å². The van der Waals surface area contributed by atoms with Crippen molar-refractivity contribution in [3.05, 3.63) is 29.3 Å². The van der Waals surface area contributed by atoms with Crippen molar-refractivity contribution >= 4 is 35.8 Å². The normalized spacial score (nSPS) is 21.0. The maximum Gasteiger partial charge on any atom is 0.248 e. The summed E-state index contributed by atoms with van der Waals surface area (Å²) >= 11 is 0. The number of nitrogens with two attached hydrogens (primary N) is 1. The molecule has 0 aromatic heterocycles. The summed E-state index contributed by atoms with van der Waals surface area (Å²) in [7, 11) is 0. The number of piperazine rings is 1. The molecule has 0 radical (unpaired) electrons. The van der Waals surface area contributed by atoms with Crippen LogP contribution in [0.15, 0.2) is 18.2 Å². The van der Waals surface area contributed by atoms with Gasteiger partial charge in [0.15, 0.2) is 0 Å². The van der Waals surface area contributed by atoms with Crippen LogP contribution >= 0.6 is 12.4 Å². The van der Waals surface area contributed by atoms with Crippen LogP contribution in [0, 0.1) is 0 Å². The molecule has 0 saturated carbocycles. The molecule has 0 bridgehead atoms. The molecule has 8 heteroatoms. The van der Waals surface area contributed by atoms with Crippen molar-refractivity contribution in [3.63, 3.8) is 0 Å². The monoisotopic (exact) mass is 352 g/mol. The number of carbonyl (C=O) groups is 3. The van der Waals surface area contributed by atoms with Crippen LogP contribution in [0.5, 0.6) is 0 Å². The molecule has 0 spiro atoms. The summed E-state index contributed by atoms with van der Waals surface area (Å²) in [6, 6.07) is 5.24. The number of primary amides is 1. The van der Waals surface area contributed by atoms with Gasteiger partial charge in [-0.3, -0.25) is 19.7 Å². The van der Waals surface area contributed by atoms with Crippen molar-refractivity contribution in [2.24, 2.45) is 5.73 Å². The van der Waals surface area contributed by atoms with E-state index in [2.05, 4.69) is 15.5 Å². The summed E-state index contributed by atoms with van der Waals surface area (Å²) in [4.78, 5) is 37.3. The second-order valence-electron chi connectivity index (χ2n) is 5.88. The molecule has 130 valence electrons. The molecule has 3 amide bonds. The van der Waals surface area contributed by atoms with Crippen LogP contribution in [-0.4, -0.2) is 43.9 Å². The predicted molar refractivity (Wildman–Crippen MR) is 92.4 cm³/mol. The summed E-state index contributed by atoms with van der Waals surface area (Å²) in [6.07, 6.45) is 0.754. The summed E-state index contributed by atoms with van der Waals surface area (Å²) < 4.78 is 0. The van der Waals surface area contributed by atoms with E-state index in [1.54, 1.807) is 12.1 Å². The van der Waals surface area contributed by atoms with E-state index < -0.39 is 11.8 Å². The van der Waals surface area contributed by atoms with E-state index in [1.165, 1.54) is 0 Å². The molecule has 1 aromatic rings. The Morgan fingerprint density at radius 1 is 1.21 bits per heavy atom. The predicted octanol–water partition coefficient (Wildman–Crippen LogP) is 0.137. The van der Waals surface area contributed by atoms with Crippen LogP contribution in [0.3, 0.4) is 0 Å². The molecule has 7 nitrogen and oxygen atoms in total. The Morgan fingerprint density at radius 2 is 1.92 bits per heavy atom. The maximum absolute atomic E-state index is 12.2. The first-order chi connectivity index (χ1) is 11.1. The summed E-state index contributed by atoms with van der Waals surface area (Å²) in [5.41, 5.74) is 7.47. The Hall–Kier alpha value is -2.12. The lowest BCUT2D eigenvalue weighted by molar-refractivity contribution is -0.134. The van der Waals surface area contributed by atoms with Crippen molar-refractivity contribution in [2.45, 2.75) is 18.8 Å². The number of amides is 3. The number of nitrogens with zero attached hydrogens (tertiary/aromatic N) is 1. The van der Waals surface area contributed by atoms with E-state index in [0.717, 1.165) is 37.4 Å². The molecule has 2 aliphatic heterocycles. The standard InChI is InChI=1S/C16H20N4O3.ClH/c17-15(22)10-1-3-13(20-7-5-18-6-8-20)12(9-10)11-2-4-14(21)19-16(11)23;/h1,3,9,11,18H,2,4-8H2,(H2,17,22)(H,19,21,23);1H. The number of nitrogens with one attached hydrogen (secondary N) is 2. The van der Waals surface area contributed by atoms with Gasteiger partial charge in [-0.15, -0.1) is 12.4 Å². The maximum atomic E-state index is 12.2. The van der Waals surface area contributed by atoms with Crippen LogP contribution < -0.4 is 21.3 Å². The Balaban J connectivity index is 0.00000208. The minimum Gasteiger partial charge on any atom is -0.369 e. The zero-order valence-corrected chi connectivity index (χ0v) is 14.0. The third kappa shape index (κ3) is 3.68. The van der Waals surface area contributed by atoms with Gasteiger partial charge in [0.1, 0.15) is 0 Å². The Labute approximate surface area is 146 Å². The minimum absolute atomic E-state index is 0. The van der Waals surface area contributed by atoms with Crippen LogP contribution in [-0.2, 0) is 9.59 Å². The third-order valence-corrected chi connectivity index (χ3v) is 4.38. The van der Waals surface area contributed by atoms with Crippen molar-refractivity contribution in [1.29, 1.82) is 0 Å². The summed E-state index contributed by atoms with van der Waals surface area (Å²) in [6.45, 7) is 3.39. The number of piperidine rings is 1. The Kier molecular flexibility index (Phi) is 5.80. The number of carbonyl (C=O) groups excluding carboxylic acids is 3. The zero-order chi connectivity index (χ0) is 16.4. The summed E-state index contributed by atoms with van der Waals surface area (Å²) in [5, 5.41) is 5.67. The topological polar surface area (TPSA) is 105 Å². The molecule has 1 unspecified atom stereocenters. The molecule has 4 N–H and O–H groups in total. The molecule has 1 aromatic carbocycles. The van der Waals surface area contributed by atoms with Crippen LogP contribution in [0.2, 0.25) is 0 Å². The highest BCUT2D eigenvalue weighted by Gasteiger charge is 2.31. The van der Waals surface area contributed by atoms with Gasteiger partial charge in [-0.2, -0.15) is 0 Å². The quantitative estimate of drug-likeness (QED) is 0.671. The first-order valence-corrected chi connectivity index (χ1v) is 7.79. The smallest absolute Gasteiger partial charge is 0.248 e. The average Bonchev–Trinajstić information content (AvgIpc) is 2.55. The van der Waals surface area contributed by atoms with Crippen molar-refractivity contribution in [1.82, 2.24) is 10.6 Å². The lowest BCUT2D eigenvalue weighted by atomic mass is 9.87. The minimum atomic E-state index is -0.523. The van der Waals surface area contributed by atoms with Crippen LogP contribution in [0.4, 0.5) is 5.69 Å². The third-order valence-electron chi connectivity index (χ3n) is 4.38. The van der Waals surface area contributed by atoms with E-state index in [9.17, 15) is 14.4 Å². The van der Waals surface area contributed by atoms with Crippen molar-refractivity contribution in [2.75, 3.05) is 31.1 Å². The lowest BCUT2D eigenvalue weighted by Gasteiger charge is -2.33. The van der Waals surface area contributed by atoms with Gasteiger partial charge in [0.25, 0.3) is 0 Å². The number of imide groups is 1. The number of hydrogen-bond donors (Lipinski definition) is 3. The molecular formula is C16H21ClN4O3. The van der Waals surface area contributed by atoms with Gasteiger partial charge in [0.05, 0.1) is 5.92 Å². The van der Waals surface area contributed by atoms with Gasteiger partial charge in [-0.25, -0.2) is 0 Å². The van der Waals surface area contributed by atoms with Gasteiger partial charge in [-0.1, -0.05) is 0 Å². The number of rotatable bonds is 3. The van der Waals surface area contributed by atoms with Gasteiger partial charge in [-0.05, 0) is 30.2 Å². The van der Waals surface area contributed by atoms with Crippen molar-refractivity contribution < 1.29 is 14.4 Å². The number of anilines is 1. The lowest BCUT2D eigenvalue weighted by Crippen LogP contribution is -2.45. The summed E-state index contributed by atoms with van der Waals surface area (Å²) in [5.74, 6) is -1.51. The van der Waals surface area contributed by atoms with Crippen LogP contribution in [0.1, 0.15) is 34.7 Å². The van der Waals surface area contributed by atoms with E-state index in [4.69, 9.17) is 5.73 Å². The fraction of sp³-hybridized carbons (Fsp3) is 0.438. The highest BCUT2D eigenvalue weighted by molar-refractivity contribution is 6.02. The molecule has 0 aliphatic carbocycles. The zero-order valence-electron chi connectivity index (χ0n) is 13.2. The first-order valence-electron chi connectivity index (χ1n) is 7.79. The van der Waals surface area contributed by atoms with E-state index in [1.807, 2.05) is 6.07 Å². The molecule has 2 heterocycles. The van der Waals surface area contributed by atoms with Gasteiger partial charge in [0.2, 0.25) is 17.7 Å². The number of benzene rings is 1. The fourth-order valence-corrected chi connectivity index (χ4v) is 3.17. The van der Waals surface area contributed by atoms with Gasteiger partial charge < -0.3 is 16.0 Å². The van der Waals surface area contributed by atoms with Crippen LogP contribution in [0.25, 0.3) is 0 Å². The molecule has 1 atom stereocenters. The fourth-order valence-electron chi connectivity index (χ4n) is 3.17. The van der Waals surface area contributed by atoms with Gasteiger partial charge >= 0.3 is 0 Å². The van der Waals surface area contributed by atoms with E-state index >= 15 is 0 Å². The second-order valence-corrected chi connectivity index (χ2v) is 5.88. The highest BCUT2D eigenvalue weighted by Crippen LogP contribution is 2.33. The molecule has 3 rings (SSSR count). The molecule has 24 heavy (non-hydrogen) atoms. The average molecular weight is 353 g/mol. The SMILES string of the molecule is Cl.NC(=O)c1ccc(N2CCNCC2)c(C2CCC(=O)NC2=O)c1. The Morgan fingerprint density at radius 3 is 2.54 bits per heavy atom. The highest BCUT2D eigenvalue weighted by atomic mass is 35.5. The molecule has 2 fully saturated rings. The first kappa shape index (κ1) is 18.2. The number of halogens is 1. The largest absolute Gasteiger partial charge is 0.369 e. The second kappa shape index (κ2) is 7.63. The number of hydrogen-bond acceptors (Lipinski definition) is 5. The molecule has 2 aliphatic rings. The molecular weight excluding hydrogens is 332 g/mol. The van der Waals surface area contributed by atoms with Gasteiger partial charge in [0, 0.05) is 43.9 Å². The Bertz CT molecular complexity index is 659.